The number of carbonyl (C=O) groups excluding carboxylic acids is 2. The van der Waals surface area contributed by atoms with Gasteiger partial charge < -0.3 is 8.83 Å². The Balaban J connectivity index is 1.74. The molecule has 2 heterocycles. The van der Waals surface area contributed by atoms with Crippen LogP contribution in [0.5, 0.6) is 0 Å². The summed E-state index contributed by atoms with van der Waals surface area (Å²) in [6, 6.07) is 6.78. The molecule has 2 aromatic rings. The molecule has 0 saturated carbocycles. The van der Waals surface area contributed by atoms with Crippen molar-refractivity contribution in [1.82, 2.24) is 0 Å². The molecule has 0 fully saturated rings. The first-order valence-corrected chi connectivity index (χ1v) is 8.01. The summed E-state index contributed by atoms with van der Waals surface area (Å²) in [5, 5.41) is 0. The lowest BCUT2D eigenvalue weighted by molar-refractivity contribution is 0.0958. The first-order valence-electron chi connectivity index (χ1n) is 8.01. The van der Waals surface area contributed by atoms with Crippen LogP contribution in [0.2, 0.25) is 0 Å². The van der Waals surface area contributed by atoms with E-state index in [-0.39, 0.29) is 11.6 Å². The Bertz CT molecular complexity index is 652. The van der Waals surface area contributed by atoms with Crippen LogP contribution in [0.1, 0.15) is 60.6 Å². The van der Waals surface area contributed by atoms with Crippen LogP contribution in [0.3, 0.4) is 0 Å². The van der Waals surface area contributed by atoms with Gasteiger partial charge in [-0.25, -0.2) is 0 Å². The van der Waals surface area contributed by atoms with Crippen molar-refractivity contribution in [3.63, 3.8) is 0 Å². The predicted molar refractivity (Wildman–Crippen MR) is 92.1 cm³/mol. The van der Waals surface area contributed by atoms with E-state index in [4.69, 9.17) is 8.83 Å². The fourth-order valence-corrected chi connectivity index (χ4v) is 2.36. The maximum absolute atomic E-state index is 11.9. The zero-order valence-corrected chi connectivity index (χ0v) is 14.1. The molecule has 0 unspecified atom stereocenters. The largest absolute Gasteiger partial charge is 0.461 e. The molecule has 0 atom stereocenters. The molecule has 0 aliphatic rings. The molecule has 0 N–H and O–H groups in total. The smallest absolute Gasteiger partial charge is 0.201 e. The van der Waals surface area contributed by atoms with Gasteiger partial charge in [0.2, 0.25) is 11.6 Å². The van der Waals surface area contributed by atoms with E-state index in [2.05, 4.69) is 12.2 Å². The first-order chi connectivity index (χ1) is 11.6. The summed E-state index contributed by atoms with van der Waals surface area (Å²) in [7, 11) is 0. The molecule has 0 aliphatic heterocycles. The Morgan fingerprint density at radius 2 is 1.25 bits per heavy atom. The molecule has 0 aliphatic carbocycles. The van der Waals surface area contributed by atoms with Gasteiger partial charge in [0.15, 0.2) is 11.5 Å². The molecule has 126 valence electrons. The minimum atomic E-state index is -0.00971. The maximum atomic E-state index is 11.9. The van der Waals surface area contributed by atoms with Gasteiger partial charge in [-0.15, -0.1) is 0 Å². The van der Waals surface area contributed by atoms with Crippen molar-refractivity contribution < 1.29 is 18.4 Å². The van der Waals surface area contributed by atoms with Gasteiger partial charge in [-0.2, -0.15) is 0 Å². The number of Topliss-reactive ketones (excluding diaryl/α,β-unsaturated/α-hetero) is 2. The zero-order chi connectivity index (χ0) is 17.4. The number of unbranched alkanes of at least 4 members (excludes halogenated alkanes) is 1. The van der Waals surface area contributed by atoms with Gasteiger partial charge in [-0.3, -0.25) is 9.59 Å². The number of furan rings is 2. The first kappa shape index (κ1) is 17.7. The van der Waals surface area contributed by atoms with E-state index in [9.17, 15) is 9.59 Å². The summed E-state index contributed by atoms with van der Waals surface area (Å²) in [4.78, 5) is 23.8. The molecule has 0 amide bonds. The Labute approximate surface area is 141 Å². The van der Waals surface area contributed by atoms with E-state index >= 15 is 0 Å². The normalized spacial score (nSPS) is 12.4. The average molecular weight is 326 g/mol. The molecule has 0 spiro atoms. The zero-order valence-electron chi connectivity index (χ0n) is 14.1. The molecule has 4 nitrogen and oxygen atoms in total. The average Bonchev–Trinajstić information content (AvgIpc) is 3.24. The third-order valence-corrected chi connectivity index (χ3v) is 3.62. The molecule has 24 heavy (non-hydrogen) atoms. The molecular formula is C20H22O4. The second-order valence-corrected chi connectivity index (χ2v) is 5.83. The second-order valence-electron chi connectivity index (χ2n) is 5.83. The monoisotopic (exact) mass is 326 g/mol. The van der Waals surface area contributed by atoms with Crippen molar-refractivity contribution in [3.8, 4) is 0 Å². The Kier molecular flexibility index (Phi) is 6.55. The van der Waals surface area contributed by atoms with Gasteiger partial charge >= 0.3 is 0 Å². The highest BCUT2D eigenvalue weighted by Gasteiger charge is 2.09. The third kappa shape index (κ3) is 5.54. The van der Waals surface area contributed by atoms with Gasteiger partial charge in [0.05, 0.1) is 12.5 Å². The summed E-state index contributed by atoms with van der Waals surface area (Å²) in [6.07, 6.45) is 9.53. The van der Waals surface area contributed by atoms with E-state index in [1.54, 1.807) is 24.3 Å². The van der Waals surface area contributed by atoms with Gasteiger partial charge in [-0.1, -0.05) is 23.3 Å². The van der Waals surface area contributed by atoms with E-state index in [0.29, 0.717) is 24.4 Å². The molecule has 0 bridgehead atoms. The summed E-state index contributed by atoms with van der Waals surface area (Å²) in [5.41, 5.74) is 2.04. The van der Waals surface area contributed by atoms with E-state index < -0.39 is 0 Å². The van der Waals surface area contributed by atoms with Gasteiger partial charge in [0.25, 0.3) is 0 Å². The van der Waals surface area contributed by atoms with Crippen molar-refractivity contribution in [2.24, 2.45) is 0 Å². The maximum Gasteiger partial charge on any atom is 0.201 e. The number of carbonyl (C=O) groups is 2. The SMILES string of the molecule is C/C(=C\CC/C=C(\C)CC(=O)c1ccco1)CC(=O)c1ccco1. The summed E-state index contributed by atoms with van der Waals surface area (Å²) >= 11 is 0. The van der Waals surface area contributed by atoms with Crippen LogP contribution in [0.15, 0.2) is 68.9 Å². The van der Waals surface area contributed by atoms with Crippen molar-refractivity contribution in [3.05, 3.63) is 71.6 Å². The lowest BCUT2D eigenvalue weighted by Crippen LogP contribution is -1.98. The number of rotatable bonds is 9. The van der Waals surface area contributed by atoms with Crippen molar-refractivity contribution in [1.29, 1.82) is 0 Å². The highest BCUT2D eigenvalue weighted by molar-refractivity contribution is 5.95. The minimum absolute atomic E-state index is 0.00971. The summed E-state index contributed by atoms with van der Waals surface area (Å²) in [5.74, 6) is 0.777. The van der Waals surface area contributed by atoms with E-state index in [0.717, 1.165) is 24.0 Å². The Morgan fingerprint density at radius 1 is 0.833 bits per heavy atom. The van der Waals surface area contributed by atoms with E-state index in [1.807, 2.05) is 13.8 Å². The van der Waals surface area contributed by atoms with Crippen LogP contribution in [-0.2, 0) is 0 Å². The Morgan fingerprint density at radius 3 is 1.58 bits per heavy atom. The van der Waals surface area contributed by atoms with Gasteiger partial charge in [0, 0.05) is 12.8 Å². The molecule has 2 aromatic heterocycles. The Hall–Kier alpha value is -2.62. The van der Waals surface area contributed by atoms with Crippen LogP contribution in [0.25, 0.3) is 0 Å². The predicted octanol–water partition coefficient (Wildman–Crippen LogP) is 5.39. The molecular weight excluding hydrogens is 304 g/mol. The number of ketones is 2. The number of hydrogen-bond donors (Lipinski definition) is 0. The molecule has 0 saturated heterocycles. The summed E-state index contributed by atoms with van der Waals surface area (Å²) in [6.45, 7) is 3.88. The quantitative estimate of drug-likeness (QED) is 0.352. The van der Waals surface area contributed by atoms with Crippen LogP contribution in [0.4, 0.5) is 0 Å². The second kappa shape index (κ2) is 8.87. The van der Waals surface area contributed by atoms with Crippen LogP contribution in [0, 0.1) is 0 Å². The van der Waals surface area contributed by atoms with Crippen molar-refractivity contribution in [2.75, 3.05) is 0 Å². The molecule has 4 heteroatoms. The van der Waals surface area contributed by atoms with Crippen LogP contribution >= 0.6 is 0 Å². The fourth-order valence-electron chi connectivity index (χ4n) is 2.36. The highest BCUT2D eigenvalue weighted by Crippen LogP contribution is 2.13. The molecule has 0 aromatic carbocycles. The number of hydrogen-bond acceptors (Lipinski definition) is 4. The van der Waals surface area contributed by atoms with Crippen molar-refractivity contribution >= 4 is 11.6 Å². The third-order valence-electron chi connectivity index (χ3n) is 3.62. The lowest BCUT2D eigenvalue weighted by atomic mass is 10.1. The number of allylic oxidation sites excluding steroid dienone is 4. The van der Waals surface area contributed by atoms with Crippen LogP contribution < -0.4 is 0 Å². The van der Waals surface area contributed by atoms with Gasteiger partial charge in [0.1, 0.15) is 0 Å². The van der Waals surface area contributed by atoms with Crippen LogP contribution in [-0.4, -0.2) is 11.6 Å². The lowest BCUT2D eigenvalue weighted by Gasteiger charge is -2.00. The standard InChI is InChI=1S/C20H22O4/c1-15(13-17(21)19-9-5-11-23-19)7-3-4-8-16(2)14-18(22)20-10-6-12-24-20/h5-12H,3-4,13-14H2,1-2H3/b15-7+,16-8+. The topological polar surface area (TPSA) is 60.4 Å². The van der Waals surface area contributed by atoms with E-state index in [1.165, 1.54) is 12.5 Å². The molecule has 0 radical (unpaired) electrons. The fraction of sp³-hybridized carbons (Fsp3) is 0.300. The molecule has 2 rings (SSSR count). The van der Waals surface area contributed by atoms with Crippen molar-refractivity contribution in [2.45, 2.75) is 39.5 Å². The highest BCUT2D eigenvalue weighted by atomic mass is 16.3. The minimum Gasteiger partial charge on any atom is -0.461 e. The summed E-state index contributed by atoms with van der Waals surface area (Å²) < 4.78 is 10.2. The van der Waals surface area contributed by atoms with Gasteiger partial charge in [-0.05, 0) is 51.0 Å².